The smallest absolute Gasteiger partial charge is 0.273 e. The highest BCUT2D eigenvalue weighted by molar-refractivity contribution is 7.10. The number of nitrogens with two attached hydrogens (primary N) is 1. The van der Waals surface area contributed by atoms with Crippen LogP contribution >= 0.6 is 34.5 Å². The Balaban J connectivity index is 1.51. The van der Waals surface area contributed by atoms with Gasteiger partial charge < -0.3 is 16.4 Å². The van der Waals surface area contributed by atoms with E-state index in [0.29, 0.717) is 4.88 Å². The quantitative estimate of drug-likeness (QED) is 0.288. The van der Waals surface area contributed by atoms with Gasteiger partial charge in [-0.15, -0.1) is 11.3 Å². The summed E-state index contributed by atoms with van der Waals surface area (Å²) >= 11 is 8.25. The molecule has 2 fully saturated rings. The summed E-state index contributed by atoms with van der Waals surface area (Å²) in [6, 6.07) is 6.41. The molecule has 1 aromatic carbocycles. The minimum absolute atomic E-state index is 0.00674. The zero-order valence-electron chi connectivity index (χ0n) is 21.8. The fourth-order valence-corrected chi connectivity index (χ4v) is 7.14. The Morgan fingerprint density at radius 1 is 1.02 bits per heavy atom. The first kappa shape index (κ1) is 28.5. The molecule has 1 unspecified atom stereocenters. The minimum atomic E-state index is -1.07. The third kappa shape index (κ3) is 6.16. The van der Waals surface area contributed by atoms with Gasteiger partial charge in [-0.2, -0.15) is 4.37 Å². The molecule has 0 spiro atoms. The van der Waals surface area contributed by atoms with E-state index in [1.165, 1.54) is 28.4 Å². The normalized spacial score (nSPS) is 16.9. The average Bonchev–Trinajstić information content (AvgIpc) is 3.72. The first-order valence-corrected chi connectivity index (χ1v) is 15.5. The molecule has 2 saturated carbocycles. The SMILES string of the molecule is Nc1c(C(=O)NC2CCCCC2)nsc1C(=O)N(c1ccc(F)c(Cl)c1)C(C(=O)NC1CCCC1)c1cccs1. The number of halogens is 2. The van der Waals surface area contributed by atoms with Crippen LogP contribution in [0, 0.1) is 5.82 Å². The Kier molecular flexibility index (Phi) is 9.02. The standard InChI is InChI=1S/C28H31ClFN5O3S2/c29-19-15-18(12-13-20(19)30)35(24(21-11-6-14-39-21)27(37)33-17-9-4-5-10-17)28(38)25-22(31)23(34-40-25)26(36)32-16-7-2-1-3-8-16/h6,11-17,24H,1-5,7-10,31H2,(H,32,36)(H,33,37). The molecule has 212 valence electrons. The lowest BCUT2D eigenvalue weighted by Crippen LogP contribution is -2.46. The van der Waals surface area contributed by atoms with Gasteiger partial charge in [-0.25, -0.2) is 4.39 Å². The highest BCUT2D eigenvalue weighted by Gasteiger charge is 2.38. The summed E-state index contributed by atoms with van der Waals surface area (Å²) in [5, 5.41) is 7.70. The summed E-state index contributed by atoms with van der Waals surface area (Å²) in [4.78, 5) is 43.0. The Morgan fingerprint density at radius 2 is 1.70 bits per heavy atom. The van der Waals surface area contributed by atoms with Gasteiger partial charge in [-0.1, -0.05) is 49.8 Å². The number of rotatable bonds is 8. The van der Waals surface area contributed by atoms with Crippen LogP contribution in [0.1, 0.15) is 88.9 Å². The predicted molar refractivity (Wildman–Crippen MR) is 157 cm³/mol. The first-order valence-electron chi connectivity index (χ1n) is 13.5. The number of nitrogens with one attached hydrogen (secondary N) is 2. The van der Waals surface area contributed by atoms with Crippen molar-refractivity contribution >= 4 is 63.6 Å². The van der Waals surface area contributed by atoms with E-state index in [1.54, 1.807) is 12.1 Å². The molecule has 0 radical (unpaired) electrons. The van der Waals surface area contributed by atoms with Gasteiger partial charge >= 0.3 is 0 Å². The molecule has 8 nitrogen and oxygen atoms in total. The average molecular weight is 604 g/mol. The molecule has 2 heterocycles. The second kappa shape index (κ2) is 12.7. The summed E-state index contributed by atoms with van der Waals surface area (Å²) in [7, 11) is 0. The van der Waals surface area contributed by atoms with E-state index < -0.39 is 23.7 Å². The Labute approximate surface area is 245 Å². The van der Waals surface area contributed by atoms with E-state index >= 15 is 0 Å². The number of hydrogen-bond acceptors (Lipinski definition) is 7. The molecular weight excluding hydrogens is 573 g/mol. The summed E-state index contributed by atoms with van der Waals surface area (Å²) in [5.74, 6) is -2.07. The molecule has 2 aliphatic rings. The second-order valence-electron chi connectivity index (χ2n) is 10.3. The summed E-state index contributed by atoms with van der Waals surface area (Å²) in [6.45, 7) is 0. The van der Waals surface area contributed by atoms with E-state index in [9.17, 15) is 18.8 Å². The number of hydrogen-bond donors (Lipinski definition) is 3. The molecule has 3 amide bonds. The number of nitrogen functional groups attached to an aromatic ring is 1. The maximum absolute atomic E-state index is 14.2. The van der Waals surface area contributed by atoms with Crippen molar-refractivity contribution in [2.45, 2.75) is 75.9 Å². The number of anilines is 2. The Morgan fingerprint density at radius 3 is 2.35 bits per heavy atom. The summed E-state index contributed by atoms with van der Waals surface area (Å²) in [5.41, 5.74) is 6.51. The third-order valence-electron chi connectivity index (χ3n) is 7.50. The number of amides is 3. The van der Waals surface area contributed by atoms with Gasteiger partial charge in [0.2, 0.25) is 5.91 Å². The molecule has 2 aromatic heterocycles. The number of thiophene rings is 1. The zero-order valence-corrected chi connectivity index (χ0v) is 24.2. The van der Waals surface area contributed by atoms with Crippen LogP contribution in [0.4, 0.5) is 15.8 Å². The van der Waals surface area contributed by atoms with Crippen LogP contribution in [0.15, 0.2) is 35.7 Å². The van der Waals surface area contributed by atoms with Crippen LogP contribution in [0.5, 0.6) is 0 Å². The molecule has 3 aromatic rings. The van der Waals surface area contributed by atoms with Crippen molar-refractivity contribution in [2.75, 3.05) is 10.6 Å². The number of nitrogens with zero attached hydrogens (tertiary/aromatic N) is 2. The zero-order chi connectivity index (χ0) is 28.2. The van der Waals surface area contributed by atoms with Crippen molar-refractivity contribution in [2.24, 2.45) is 0 Å². The molecule has 1 atom stereocenters. The number of carbonyl (C=O) groups excluding carboxylic acids is 3. The van der Waals surface area contributed by atoms with Crippen molar-refractivity contribution in [3.8, 4) is 0 Å². The highest BCUT2D eigenvalue weighted by atomic mass is 35.5. The van der Waals surface area contributed by atoms with Crippen LogP contribution in [0.3, 0.4) is 0 Å². The molecule has 5 rings (SSSR count). The van der Waals surface area contributed by atoms with Crippen LogP contribution < -0.4 is 21.3 Å². The Bertz CT molecular complexity index is 1370. The number of carbonyl (C=O) groups is 3. The lowest BCUT2D eigenvalue weighted by atomic mass is 9.95. The van der Waals surface area contributed by atoms with Crippen molar-refractivity contribution in [3.05, 3.63) is 62.0 Å². The first-order chi connectivity index (χ1) is 19.3. The van der Waals surface area contributed by atoms with Crippen molar-refractivity contribution in [1.82, 2.24) is 15.0 Å². The fraction of sp³-hybridized carbons (Fsp3) is 0.429. The predicted octanol–water partition coefficient (Wildman–Crippen LogP) is 6.09. The van der Waals surface area contributed by atoms with Crippen LogP contribution in [-0.2, 0) is 4.79 Å². The van der Waals surface area contributed by atoms with Gasteiger partial charge in [0.15, 0.2) is 11.7 Å². The highest BCUT2D eigenvalue weighted by Crippen LogP contribution is 2.36. The van der Waals surface area contributed by atoms with Gasteiger partial charge in [-0.3, -0.25) is 19.3 Å². The minimum Gasteiger partial charge on any atom is -0.395 e. The van der Waals surface area contributed by atoms with E-state index in [2.05, 4.69) is 15.0 Å². The molecule has 0 aliphatic heterocycles. The molecule has 0 saturated heterocycles. The molecule has 4 N–H and O–H groups in total. The van der Waals surface area contributed by atoms with Crippen molar-refractivity contribution < 1.29 is 18.8 Å². The van der Waals surface area contributed by atoms with Gasteiger partial charge in [0.05, 0.1) is 10.7 Å². The maximum Gasteiger partial charge on any atom is 0.273 e. The molecule has 12 heteroatoms. The Hall–Kier alpha value is -3.02. The summed E-state index contributed by atoms with van der Waals surface area (Å²) in [6.07, 6.45) is 8.78. The summed E-state index contributed by atoms with van der Waals surface area (Å²) < 4.78 is 18.4. The van der Waals surface area contributed by atoms with Gasteiger partial charge in [0.1, 0.15) is 10.7 Å². The monoisotopic (exact) mass is 603 g/mol. The molecule has 2 aliphatic carbocycles. The topological polar surface area (TPSA) is 117 Å². The van der Waals surface area contributed by atoms with E-state index in [4.69, 9.17) is 17.3 Å². The van der Waals surface area contributed by atoms with Gasteiger partial charge in [0.25, 0.3) is 11.8 Å². The van der Waals surface area contributed by atoms with Crippen molar-refractivity contribution in [3.63, 3.8) is 0 Å². The molecular formula is C28H31ClFN5O3S2. The van der Waals surface area contributed by atoms with E-state index in [0.717, 1.165) is 75.4 Å². The van der Waals surface area contributed by atoms with E-state index in [1.807, 2.05) is 5.38 Å². The van der Waals surface area contributed by atoms with Crippen LogP contribution in [0.25, 0.3) is 0 Å². The largest absolute Gasteiger partial charge is 0.395 e. The van der Waals surface area contributed by atoms with Crippen LogP contribution in [0.2, 0.25) is 5.02 Å². The van der Waals surface area contributed by atoms with Gasteiger partial charge in [-0.05, 0) is 66.9 Å². The third-order valence-corrected chi connectivity index (χ3v) is 9.56. The lowest BCUT2D eigenvalue weighted by Gasteiger charge is -2.31. The van der Waals surface area contributed by atoms with Gasteiger partial charge in [0, 0.05) is 22.6 Å². The second-order valence-corrected chi connectivity index (χ2v) is 12.4. The number of aromatic nitrogens is 1. The van der Waals surface area contributed by atoms with E-state index in [-0.39, 0.29) is 45.0 Å². The number of benzene rings is 1. The molecule has 40 heavy (non-hydrogen) atoms. The fourth-order valence-electron chi connectivity index (χ4n) is 5.41. The maximum atomic E-state index is 14.2. The lowest BCUT2D eigenvalue weighted by molar-refractivity contribution is -0.123. The molecule has 0 bridgehead atoms. The van der Waals surface area contributed by atoms with Crippen LogP contribution in [-0.4, -0.2) is 34.2 Å². The van der Waals surface area contributed by atoms with Crippen molar-refractivity contribution in [1.29, 1.82) is 0 Å².